The highest BCUT2D eigenvalue weighted by Gasteiger charge is 2.33. The molecule has 0 aromatic rings. The zero-order valence-electron chi connectivity index (χ0n) is 11.2. The molecule has 2 heteroatoms. The van der Waals surface area contributed by atoms with Crippen molar-refractivity contribution in [2.24, 2.45) is 11.8 Å². The molecule has 0 aliphatic heterocycles. The average molecular weight is 222 g/mol. The smallest absolute Gasteiger partial charge is 0.0672 e. The van der Waals surface area contributed by atoms with E-state index in [4.69, 9.17) is 0 Å². The molecule has 2 nitrogen and oxygen atoms in total. The second kappa shape index (κ2) is 6.25. The predicted molar refractivity (Wildman–Crippen MR) is 68.0 cm³/mol. The molecule has 1 fully saturated rings. The molecule has 0 amide bonds. The van der Waals surface area contributed by atoms with E-state index in [2.05, 4.69) is 38.8 Å². The van der Waals surface area contributed by atoms with Gasteiger partial charge in [-0.25, -0.2) is 0 Å². The van der Waals surface area contributed by atoms with Crippen molar-refractivity contribution in [2.45, 2.75) is 65.0 Å². The summed E-state index contributed by atoms with van der Waals surface area (Å²) >= 11 is 0. The topological polar surface area (TPSA) is 27.0 Å². The first-order chi connectivity index (χ1) is 7.63. The Morgan fingerprint density at radius 2 is 2.06 bits per heavy atom. The van der Waals surface area contributed by atoms with E-state index >= 15 is 0 Å². The van der Waals surface area contributed by atoms with E-state index in [1.165, 1.54) is 25.7 Å². The minimum absolute atomic E-state index is 0.252. The highest BCUT2D eigenvalue weighted by Crippen LogP contribution is 2.34. The van der Waals surface area contributed by atoms with Crippen molar-refractivity contribution in [1.29, 1.82) is 5.26 Å². The molecule has 1 aliphatic carbocycles. The summed E-state index contributed by atoms with van der Waals surface area (Å²) in [4.78, 5) is 2.44. The van der Waals surface area contributed by atoms with Crippen LogP contribution in [0.15, 0.2) is 0 Å². The van der Waals surface area contributed by atoms with Gasteiger partial charge in [0.15, 0.2) is 0 Å². The van der Waals surface area contributed by atoms with Gasteiger partial charge in [0.1, 0.15) is 0 Å². The fourth-order valence-corrected chi connectivity index (χ4v) is 2.82. The first-order valence-corrected chi connectivity index (χ1v) is 6.75. The van der Waals surface area contributed by atoms with Crippen molar-refractivity contribution in [3.8, 4) is 6.07 Å². The van der Waals surface area contributed by atoms with E-state index in [0.29, 0.717) is 12.1 Å². The van der Waals surface area contributed by atoms with Crippen molar-refractivity contribution < 1.29 is 0 Å². The summed E-state index contributed by atoms with van der Waals surface area (Å²) in [5.74, 6) is 1.09. The molecule has 0 heterocycles. The maximum Gasteiger partial charge on any atom is 0.0672 e. The molecule has 0 aromatic carbocycles. The van der Waals surface area contributed by atoms with Gasteiger partial charge in [-0.1, -0.05) is 20.3 Å². The highest BCUT2D eigenvalue weighted by molar-refractivity contribution is 4.97. The molecule has 1 aliphatic rings. The van der Waals surface area contributed by atoms with Crippen LogP contribution in [0, 0.1) is 23.2 Å². The monoisotopic (exact) mass is 222 g/mol. The fourth-order valence-electron chi connectivity index (χ4n) is 2.82. The van der Waals surface area contributed by atoms with Crippen LogP contribution in [0.4, 0.5) is 0 Å². The Hall–Kier alpha value is -0.550. The van der Waals surface area contributed by atoms with E-state index in [-0.39, 0.29) is 5.92 Å². The summed E-state index contributed by atoms with van der Waals surface area (Å²) < 4.78 is 0. The van der Waals surface area contributed by atoms with Crippen molar-refractivity contribution in [3.05, 3.63) is 0 Å². The average Bonchev–Trinajstić information content (AvgIpc) is 2.35. The van der Waals surface area contributed by atoms with Crippen LogP contribution < -0.4 is 0 Å². The lowest BCUT2D eigenvalue weighted by Gasteiger charge is -2.40. The third-order valence-electron chi connectivity index (χ3n) is 4.48. The van der Waals surface area contributed by atoms with Gasteiger partial charge in [0.25, 0.3) is 0 Å². The Morgan fingerprint density at radius 3 is 2.56 bits per heavy atom. The van der Waals surface area contributed by atoms with Gasteiger partial charge in [-0.3, -0.25) is 4.90 Å². The molecule has 92 valence electrons. The van der Waals surface area contributed by atoms with E-state index in [1.54, 1.807) is 0 Å². The molecule has 0 bridgehead atoms. The Kier molecular flexibility index (Phi) is 5.28. The summed E-state index contributed by atoms with van der Waals surface area (Å²) in [6, 6.07) is 3.60. The number of hydrogen-bond donors (Lipinski definition) is 0. The predicted octanol–water partition coefficient (Wildman–Crippen LogP) is 3.44. The molecule has 0 saturated heterocycles. The summed E-state index contributed by atoms with van der Waals surface area (Å²) in [7, 11) is 2.20. The van der Waals surface area contributed by atoms with Crippen molar-refractivity contribution in [2.75, 3.05) is 7.05 Å². The van der Waals surface area contributed by atoms with E-state index in [0.717, 1.165) is 12.3 Å². The van der Waals surface area contributed by atoms with Gasteiger partial charge in [-0.2, -0.15) is 5.26 Å². The third kappa shape index (κ3) is 2.98. The number of hydrogen-bond acceptors (Lipinski definition) is 2. The second-order valence-corrected chi connectivity index (χ2v) is 5.31. The molecule has 4 atom stereocenters. The maximum absolute atomic E-state index is 9.25. The largest absolute Gasteiger partial charge is 0.299 e. The van der Waals surface area contributed by atoms with Gasteiger partial charge in [-0.05, 0) is 45.6 Å². The number of rotatable bonds is 4. The summed E-state index contributed by atoms with van der Waals surface area (Å²) in [6.45, 7) is 6.77. The first-order valence-electron chi connectivity index (χ1n) is 6.75. The van der Waals surface area contributed by atoms with Gasteiger partial charge < -0.3 is 0 Å². The van der Waals surface area contributed by atoms with Gasteiger partial charge in [0, 0.05) is 12.1 Å². The SMILES string of the molecule is CCC1CCC(C#N)C(N(C)C(C)CC)C1. The Bertz CT molecular complexity index is 242. The lowest BCUT2D eigenvalue weighted by atomic mass is 9.77. The highest BCUT2D eigenvalue weighted by atomic mass is 15.2. The molecule has 0 radical (unpaired) electrons. The lowest BCUT2D eigenvalue weighted by molar-refractivity contribution is 0.0906. The quantitative estimate of drug-likeness (QED) is 0.728. The van der Waals surface area contributed by atoms with Crippen LogP contribution in [0.5, 0.6) is 0 Å². The Balaban J connectivity index is 2.68. The van der Waals surface area contributed by atoms with Crippen LogP contribution in [0.1, 0.15) is 52.9 Å². The molecule has 0 N–H and O–H groups in total. The van der Waals surface area contributed by atoms with Gasteiger partial charge in [-0.15, -0.1) is 0 Å². The molecule has 1 saturated carbocycles. The van der Waals surface area contributed by atoms with Gasteiger partial charge in [0.05, 0.1) is 12.0 Å². The zero-order valence-corrected chi connectivity index (χ0v) is 11.2. The molecule has 0 aromatic heterocycles. The molecule has 4 unspecified atom stereocenters. The van der Waals surface area contributed by atoms with Crippen LogP contribution in [-0.2, 0) is 0 Å². The molecule has 0 spiro atoms. The molecular weight excluding hydrogens is 196 g/mol. The van der Waals surface area contributed by atoms with E-state index in [1.807, 2.05) is 0 Å². The van der Waals surface area contributed by atoms with Crippen LogP contribution in [0.3, 0.4) is 0 Å². The van der Waals surface area contributed by atoms with Crippen LogP contribution in [-0.4, -0.2) is 24.0 Å². The summed E-state index contributed by atoms with van der Waals surface area (Å²) in [5, 5.41) is 9.25. The molecule has 16 heavy (non-hydrogen) atoms. The van der Waals surface area contributed by atoms with Crippen molar-refractivity contribution >= 4 is 0 Å². The van der Waals surface area contributed by atoms with Crippen LogP contribution >= 0.6 is 0 Å². The van der Waals surface area contributed by atoms with E-state index in [9.17, 15) is 5.26 Å². The fraction of sp³-hybridized carbons (Fsp3) is 0.929. The Morgan fingerprint density at radius 1 is 1.38 bits per heavy atom. The second-order valence-electron chi connectivity index (χ2n) is 5.31. The minimum Gasteiger partial charge on any atom is -0.299 e. The minimum atomic E-state index is 0.252. The van der Waals surface area contributed by atoms with Gasteiger partial charge >= 0.3 is 0 Å². The van der Waals surface area contributed by atoms with Gasteiger partial charge in [0.2, 0.25) is 0 Å². The van der Waals surface area contributed by atoms with Crippen molar-refractivity contribution in [3.63, 3.8) is 0 Å². The normalized spacial score (nSPS) is 32.4. The molecular formula is C14H26N2. The molecule has 1 rings (SSSR count). The third-order valence-corrected chi connectivity index (χ3v) is 4.48. The first kappa shape index (κ1) is 13.5. The zero-order chi connectivity index (χ0) is 12.1. The maximum atomic E-state index is 9.25. The summed E-state index contributed by atoms with van der Waals surface area (Å²) in [5.41, 5.74) is 0. The standard InChI is InChI=1S/C14H26N2/c1-5-11(3)16(4)14-9-12(6-2)7-8-13(14)10-15/h11-14H,5-9H2,1-4H3. The van der Waals surface area contributed by atoms with Crippen LogP contribution in [0.2, 0.25) is 0 Å². The number of nitrogens with zero attached hydrogens (tertiary/aromatic N) is 2. The summed E-state index contributed by atoms with van der Waals surface area (Å²) in [6.07, 6.45) is 6.00. The van der Waals surface area contributed by atoms with Crippen molar-refractivity contribution in [1.82, 2.24) is 4.90 Å². The lowest BCUT2D eigenvalue weighted by Crippen LogP contribution is -2.45. The Labute approximate surface area is 101 Å². The van der Waals surface area contributed by atoms with E-state index < -0.39 is 0 Å². The number of nitriles is 1. The van der Waals surface area contributed by atoms with Crippen LogP contribution in [0.25, 0.3) is 0 Å².